The Morgan fingerprint density at radius 2 is 1.66 bits per heavy atom. The number of β-amino-alcohol motifs (C(OH)–C–C–N with tert-alkyl or cyclic N) is 1. The zero-order chi connectivity index (χ0) is 23.8. The quantitative estimate of drug-likeness (QED) is 0.656. The Morgan fingerprint density at radius 3 is 2.25 bits per heavy atom. The number of carbonyl (C=O) groups excluding carboxylic acids is 2. The van der Waals surface area contributed by atoms with Crippen molar-refractivity contribution < 1.29 is 32.6 Å². The van der Waals surface area contributed by atoms with E-state index in [0.717, 1.165) is 45.9 Å². The standard InChI is InChI=1S/C23H25F3N2O4/c1-13-5-6-14(2)19(15(13)3)32-12-18(29)11-28-20(30)22(4,27-21(28)31)16-7-9-17(10-8-16)23(24,25)26/h5-10,18,29H,11-12H2,1-4H3,(H,27,31). The molecule has 0 saturated carbocycles. The van der Waals surface area contributed by atoms with Crippen LogP contribution in [0.15, 0.2) is 36.4 Å². The number of ether oxygens (including phenoxy) is 1. The number of aliphatic hydroxyl groups excluding tert-OH is 1. The maximum Gasteiger partial charge on any atom is 0.416 e. The van der Waals surface area contributed by atoms with Crippen LogP contribution < -0.4 is 10.1 Å². The highest BCUT2D eigenvalue weighted by molar-refractivity contribution is 6.07. The predicted molar refractivity (Wildman–Crippen MR) is 111 cm³/mol. The smallest absolute Gasteiger partial charge is 0.416 e. The molecular weight excluding hydrogens is 425 g/mol. The van der Waals surface area contributed by atoms with E-state index >= 15 is 0 Å². The van der Waals surface area contributed by atoms with Gasteiger partial charge >= 0.3 is 12.2 Å². The summed E-state index contributed by atoms with van der Waals surface area (Å²) in [6.45, 7) is 6.67. The lowest BCUT2D eigenvalue weighted by Gasteiger charge is -2.24. The molecule has 0 radical (unpaired) electrons. The Kier molecular flexibility index (Phi) is 6.24. The van der Waals surface area contributed by atoms with Crippen LogP contribution in [0.5, 0.6) is 5.75 Å². The summed E-state index contributed by atoms with van der Waals surface area (Å²) < 4.78 is 44.2. The van der Waals surface area contributed by atoms with Gasteiger partial charge in [0.2, 0.25) is 0 Å². The Labute approximate surface area is 184 Å². The number of imide groups is 1. The number of urea groups is 1. The lowest BCUT2D eigenvalue weighted by molar-refractivity contribution is -0.137. The normalized spacial score (nSPS) is 19.8. The highest BCUT2D eigenvalue weighted by Crippen LogP contribution is 2.33. The van der Waals surface area contributed by atoms with Gasteiger partial charge in [-0.15, -0.1) is 0 Å². The van der Waals surface area contributed by atoms with Gasteiger partial charge < -0.3 is 15.2 Å². The number of carbonyl (C=O) groups is 2. The van der Waals surface area contributed by atoms with Crippen LogP contribution >= 0.6 is 0 Å². The highest BCUT2D eigenvalue weighted by atomic mass is 19.4. The molecule has 2 aromatic rings. The molecule has 1 saturated heterocycles. The maximum absolute atomic E-state index is 13.0. The summed E-state index contributed by atoms with van der Waals surface area (Å²) in [7, 11) is 0. The van der Waals surface area contributed by atoms with E-state index in [1.165, 1.54) is 6.92 Å². The zero-order valence-electron chi connectivity index (χ0n) is 18.2. The molecule has 2 aromatic carbocycles. The first-order valence-corrected chi connectivity index (χ1v) is 10.0. The molecule has 0 bridgehead atoms. The second-order valence-corrected chi connectivity index (χ2v) is 8.16. The molecule has 1 heterocycles. The maximum atomic E-state index is 13.0. The van der Waals surface area contributed by atoms with Gasteiger partial charge in [0.15, 0.2) is 0 Å². The molecular formula is C23H25F3N2O4. The topological polar surface area (TPSA) is 78.9 Å². The fourth-order valence-corrected chi connectivity index (χ4v) is 3.64. The molecule has 0 aromatic heterocycles. The second kappa shape index (κ2) is 8.46. The molecule has 1 aliphatic heterocycles. The molecule has 3 rings (SSSR count). The van der Waals surface area contributed by atoms with E-state index in [0.29, 0.717) is 5.75 Å². The van der Waals surface area contributed by atoms with Crippen molar-refractivity contribution in [1.29, 1.82) is 0 Å². The third-order valence-corrected chi connectivity index (χ3v) is 5.75. The molecule has 172 valence electrons. The third kappa shape index (κ3) is 4.43. The molecule has 2 atom stereocenters. The van der Waals surface area contributed by atoms with Crippen LogP contribution in [0.1, 0.15) is 34.7 Å². The van der Waals surface area contributed by atoms with Gasteiger partial charge in [-0.05, 0) is 62.1 Å². The minimum Gasteiger partial charge on any atom is -0.490 e. The van der Waals surface area contributed by atoms with E-state index in [1.54, 1.807) is 0 Å². The Hall–Kier alpha value is -3.07. The number of rotatable bonds is 6. The summed E-state index contributed by atoms with van der Waals surface area (Å²) in [5.74, 6) is -0.0277. The van der Waals surface area contributed by atoms with E-state index < -0.39 is 35.3 Å². The summed E-state index contributed by atoms with van der Waals surface area (Å²) in [4.78, 5) is 26.2. The number of nitrogens with zero attached hydrogens (tertiary/aromatic N) is 1. The van der Waals surface area contributed by atoms with Crippen LogP contribution in [0, 0.1) is 20.8 Å². The lowest BCUT2D eigenvalue weighted by Crippen LogP contribution is -2.42. The average Bonchev–Trinajstić information content (AvgIpc) is 2.94. The van der Waals surface area contributed by atoms with Crippen LogP contribution in [-0.4, -0.2) is 41.2 Å². The van der Waals surface area contributed by atoms with Gasteiger partial charge in [-0.3, -0.25) is 9.69 Å². The second-order valence-electron chi connectivity index (χ2n) is 8.16. The minimum absolute atomic E-state index is 0.140. The van der Waals surface area contributed by atoms with Crippen LogP contribution in [0.2, 0.25) is 0 Å². The summed E-state index contributed by atoms with van der Waals surface area (Å²) in [5, 5.41) is 12.9. The first-order chi connectivity index (χ1) is 14.8. The Bertz CT molecular complexity index is 1040. The van der Waals surface area contributed by atoms with E-state index in [4.69, 9.17) is 4.74 Å². The summed E-state index contributed by atoms with van der Waals surface area (Å²) in [5.41, 5.74) is 0.676. The van der Waals surface area contributed by atoms with E-state index in [-0.39, 0.29) is 18.7 Å². The van der Waals surface area contributed by atoms with Crippen LogP contribution in [0.25, 0.3) is 0 Å². The monoisotopic (exact) mass is 450 g/mol. The van der Waals surface area contributed by atoms with Crippen molar-refractivity contribution in [3.05, 3.63) is 64.2 Å². The van der Waals surface area contributed by atoms with Crippen LogP contribution in [0.4, 0.5) is 18.0 Å². The minimum atomic E-state index is -4.51. The van der Waals surface area contributed by atoms with E-state index in [1.807, 2.05) is 32.9 Å². The number of benzene rings is 2. The molecule has 0 spiro atoms. The summed E-state index contributed by atoms with van der Waals surface area (Å²) in [6, 6.07) is 7.16. The molecule has 2 N–H and O–H groups in total. The van der Waals surface area contributed by atoms with Crippen molar-refractivity contribution >= 4 is 11.9 Å². The number of halogens is 3. The predicted octanol–water partition coefficient (Wildman–Crippen LogP) is 3.84. The van der Waals surface area contributed by atoms with Crippen molar-refractivity contribution in [1.82, 2.24) is 10.2 Å². The van der Waals surface area contributed by atoms with Crippen molar-refractivity contribution in [3.8, 4) is 5.75 Å². The van der Waals surface area contributed by atoms with Crippen molar-refractivity contribution in [2.45, 2.75) is 45.5 Å². The lowest BCUT2D eigenvalue weighted by atomic mass is 9.91. The molecule has 2 unspecified atom stereocenters. The largest absolute Gasteiger partial charge is 0.490 e. The summed E-state index contributed by atoms with van der Waals surface area (Å²) in [6.07, 6.45) is -5.66. The number of hydrogen-bond donors (Lipinski definition) is 2. The van der Waals surface area contributed by atoms with Gasteiger partial charge in [0.05, 0.1) is 12.1 Å². The van der Waals surface area contributed by atoms with Gasteiger partial charge in [0, 0.05) is 0 Å². The SMILES string of the molecule is Cc1ccc(C)c(OCC(O)CN2C(=O)NC(C)(c3ccc(C(F)(F)F)cc3)C2=O)c1C. The number of aryl methyl sites for hydroxylation is 2. The molecule has 6 nitrogen and oxygen atoms in total. The number of alkyl halides is 3. The molecule has 9 heteroatoms. The molecule has 32 heavy (non-hydrogen) atoms. The highest BCUT2D eigenvalue weighted by Gasteiger charge is 2.49. The van der Waals surface area contributed by atoms with Crippen molar-refractivity contribution in [2.24, 2.45) is 0 Å². The molecule has 1 aliphatic rings. The number of amides is 3. The van der Waals surface area contributed by atoms with E-state index in [9.17, 15) is 27.9 Å². The van der Waals surface area contributed by atoms with Gasteiger partial charge in [-0.1, -0.05) is 24.3 Å². The fourth-order valence-electron chi connectivity index (χ4n) is 3.64. The molecule has 3 amide bonds. The van der Waals surface area contributed by atoms with Crippen LogP contribution in [-0.2, 0) is 16.5 Å². The van der Waals surface area contributed by atoms with Crippen LogP contribution in [0.3, 0.4) is 0 Å². The van der Waals surface area contributed by atoms with Gasteiger partial charge in [0.25, 0.3) is 5.91 Å². The van der Waals surface area contributed by atoms with E-state index in [2.05, 4.69) is 5.32 Å². The molecule has 0 aliphatic carbocycles. The third-order valence-electron chi connectivity index (χ3n) is 5.75. The number of nitrogens with one attached hydrogen (secondary N) is 1. The van der Waals surface area contributed by atoms with Gasteiger partial charge in [0.1, 0.15) is 24.0 Å². The zero-order valence-corrected chi connectivity index (χ0v) is 18.2. The summed E-state index contributed by atoms with van der Waals surface area (Å²) >= 11 is 0. The number of hydrogen-bond acceptors (Lipinski definition) is 4. The number of aliphatic hydroxyl groups is 1. The fraction of sp³-hybridized carbons (Fsp3) is 0.391. The first-order valence-electron chi connectivity index (χ1n) is 10.0. The van der Waals surface area contributed by atoms with Crippen molar-refractivity contribution in [3.63, 3.8) is 0 Å². The van der Waals surface area contributed by atoms with Gasteiger partial charge in [-0.2, -0.15) is 13.2 Å². The Morgan fingerprint density at radius 1 is 1.06 bits per heavy atom. The average molecular weight is 450 g/mol. The molecule has 1 fully saturated rings. The first kappa shape index (κ1) is 23.6. The van der Waals surface area contributed by atoms with Gasteiger partial charge in [-0.25, -0.2) is 4.79 Å². The van der Waals surface area contributed by atoms with Crippen molar-refractivity contribution in [2.75, 3.05) is 13.2 Å². The Balaban J connectivity index is 1.70.